The number of unbranched alkanes of at least 4 members (excludes halogenated alkanes) is 13. The number of halogens is 1. The van der Waals surface area contributed by atoms with Crippen LogP contribution in [0.25, 0.3) is 0 Å². The van der Waals surface area contributed by atoms with Gasteiger partial charge >= 0.3 is 0 Å². The molecule has 0 bridgehead atoms. The molecular formula is C38H61BrN2O3. The van der Waals surface area contributed by atoms with E-state index in [4.69, 9.17) is 14.2 Å². The Morgan fingerprint density at radius 1 is 0.727 bits per heavy atom. The highest BCUT2D eigenvalue weighted by Gasteiger charge is 2.31. The van der Waals surface area contributed by atoms with Crippen molar-refractivity contribution in [3.63, 3.8) is 0 Å². The number of hydrogen-bond acceptors (Lipinski definition) is 4. The van der Waals surface area contributed by atoms with E-state index in [1.807, 2.05) is 6.07 Å². The van der Waals surface area contributed by atoms with Crippen LogP contribution < -0.4 is 36.5 Å². The molecule has 5 nitrogen and oxygen atoms in total. The molecule has 2 aromatic rings. The zero-order chi connectivity index (χ0) is 30.7. The summed E-state index contributed by atoms with van der Waals surface area (Å²) in [5, 5.41) is 3.81. The van der Waals surface area contributed by atoms with Crippen LogP contribution in [0.3, 0.4) is 0 Å². The van der Waals surface area contributed by atoms with E-state index >= 15 is 0 Å². The Kier molecular flexibility index (Phi) is 19.3. The van der Waals surface area contributed by atoms with E-state index in [0.29, 0.717) is 0 Å². The van der Waals surface area contributed by atoms with Gasteiger partial charge in [0.1, 0.15) is 12.3 Å². The van der Waals surface area contributed by atoms with Crippen molar-refractivity contribution in [2.75, 3.05) is 39.7 Å². The molecule has 0 aliphatic carbocycles. The first kappa shape index (κ1) is 38.0. The number of fused-ring (bicyclic) bond motifs is 1. The van der Waals surface area contributed by atoms with Gasteiger partial charge in [-0.1, -0.05) is 109 Å². The Balaban J connectivity index is 0.00000675. The number of rotatable bonds is 23. The Hall–Kier alpha value is -2.21. The number of methoxy groups -OCH3 is 3. The van der Waals surface area contributed by atoms with Crippen molar-refractivity contribution in [1.29, 1.82) is 0 Å². The summed E-state index contributed by atoms with van der Waals surface area (Å²) in [5.74, 6) is 2.58. The molecule has 248 valence electrons. The molecule has 0 atom stereocenters. The summed E-state index contributed by atoms with van der Waals surface area (Å²) in [6.45, 7) is 7.41. The third kappa shape index (κ3) is 11.9. The van der Waals surface area contributed by atoms with Crippen molar-refractivity contribution >= 4 is 11.4 Å². The Labute approximate surface area is 279 Å². The first-order chi connectivity index (χ1) is 21.2. The number of hydrogen-bond donors (Lipinski definition) is 1. The Bertz CT molecular complexity index is 1120. The number of nitrogens with one attached hydrogen (secondary N) is 1. The summed E-state index contributed by atoms with van der Waals surface area (Å²) < 4.78 is 20.0. The predicted octanol–water partition coefficient (Wildman–Crippen LogP) is 6.97. The molecule has 0 amide bonds. The van der Waals surface area contributed by atoms with Crippen LogP contribution >= 0.6 is 0 Å². The van der Waals surface area contributed by atoms with Gasteiger partial charge in [-0.25, -0.2) is 4.58 Å². The Morgan fingerprint density at radius 3 is 1.98 bits per heavy atom. The van der Waals surface area contributed by atoms with E-state index in [1.54, 1.807) is 21.3 Å². The standard InChI is InChI=1S/C38H61N2O3.BrH/c1-6-8-10-12-14-15-16-17-19-24-35-34-29-36(42-4)38(43-5)37(39-26-20-18-13-11-9-7-2)33(34)25-27-40(35)30-31-22-21-23-32(28-31)41-3;/h21-23,28-29,39H,6-20,24-27,30H2,1-5H3;1H/q+1;/p-1. The van der Waals surface area contributed by atoms with Gasteiger partial charge in [-0.05, 0) is 36.6 Å². The van der Waals surface area contributed by atoms with E-state index in [1.165, 1.54) is 119 Å². The second-order valence-corrected chi connectivity index (χ2v) is 12.3. The van der Waals surface area contributed by atoms with Crippen LogP contribution in [0.2, 0.25) is 0 Å². The molecule has 0 radical (unpaired) electrons. The lowest BCUT2D eigenvalue weighted by Crippen LogP contribution is -3.00. The van der Waals surface area contributed by atoms with E-state index in [9.17, 15) is 0 Å². The summed E-state index contributed by atoms with van der Waals surface area (Å²) in [5.41, 5.74) is 6.58. The average Bonchev–Trinajstić information content (AvgIpc) is 3.03. The van der Waals surface area contributed by atoms with Gasteiger partial charge in [0.05, 0.1) is 32.6 Å². The second kappa shape index (κ2) is 22.3. The maximum Gasteiger partial charge on any atom is 0.184 e. The maximum atomic E-state index is 5.96. The number of anilines is 1. The topological polar surface area (TPSA) is 42.7 Å². The fraction of sp³-hybridized carbons (Fsp3) is 0.658. The van der Waals surface area contributed by atoms with E-state index < -0.39 is 0 Å². The molecule has 3 rings (SSSR count). The lowest BCUT2D eigenvalue weighted by atomic mass is 9.90. The zero-order valence-electron chi connectivity index (χ0n) is 28.6. The van der Waals surface area contributed by atoms with Crippen LogP contribution in [0.1, 0.15) is 133 Å². The van der Waals surface area contributed by atoms with Crippen molar-refractivity contribution in [2.45, 2.75) is 130 Å². The fourth-order valence-corrected chi connectivity index (χ4v) is 6.47. The van der Waals surface area contributed by atoms with Gasteiger partial charge in [0.15, 0.2) is 23.8 Å². The van der Waals surface area contributed by atoms with Gasteiger partial charge < -0.3 is 36.5 Å². The fourth-order valence-electron chi connectivity index (χ4n) is 6.47. The summed E-state index contributed by atoms with van der Waals surface area (Å²) in [6.07, 6.45) is 21.9. The smallest absolute Gasteiger partial charge is 0.184 e. The zero-order valence-corrected chi connectivity index (χ0v) is 30.2. The molecule has 1 heterocycles. The van der Waals surface area contributed by atoms with Gasteiger partial charge in [-0.2, -0.15) is 0 Å². The van der Waals surface area contributed by atoms with E-state index in [2.05, 4.69) is 48.0 Å². The first-order valence-electron chi connectivity index (χ1n) is 17.4. The summed E-state index contributed by atoms with van der Waals surface area (Å²) in [4.78, 5) is 0. The molecule has 1 N–H and O–H groups in total. The van der Waals surface area contributed by atoms with Gasteiger partial charge in [0, 0.05) is 24.9 Å². The number of ether oxygens (including phenoxy) is 3. The quantitative estimate of drug-likeness (QED) is 0.102. The molecule has 0 saturated heterocycles. The van der Waals surface area contributed by atoms with Gasteiger partial charge in [0.2, 0.25) is 0 Å². The molecule has 0 unspecified atom stereocenters. The molecular weight excluding hydrogens is 612 g/mol. The van der Waals surface area contributed by atoms with Crippen LogP contribution in [0.15, 0.2) is 30.3 Å². The normalized spacial score (nSPS) is 12.5. The summed E-state index contributed by atoms with van der Waals surface area (Å²) in [6, 6.07) is 10.8. The predicted molar refractivity (Wildman–Crippen MR) is 183 cm³/mol. The lowest BCUT2D eigenvalue weighted by molar-refractivity contribution is -0.545. The lowest BCUT2D eigenvalue weighted by Gasteiger charge is -2.25. The van der Waals surface area contributed by atoms with Crippen LogP contribution in [0, 0.1) is 0 Å². The molecule has 0 fully saturated rings. The monoisotopic (exact) mass is 672 g/mol. The van der Waals surface area contributed by atoms with E-state index in [-0.39, 0.29) is 17.0 Å². The molecule has 1 aliphatic rings. The summed E-state index contributed by atoms with van der Waals surface area (Å²) >= 11 is 0. The van der Waals surface area contributed by atoms with Crippen LogP contribution in [-0.2, 0) is 13.0 Å². The average molecular weight is 674 g/mol. The summed E-state index contributed by atoms with van der Waals surface area (Å²) in [7, 11) is 5.28. The first-order valence-corrected chi connectivity index (χ1v) is 17.4. The highest BCUT2D eigenvalue weighted by Crippen LogP contribution is 2.42. The SMILES string of the molecule is CCCCCCCCCCCC1=[N+](Cc2cccc(OC)c2)CCc2c1cc(OC)c(OC)c2NCCCCCCCC.[Br-]. The van der Waals surface area contributed by atoms with Crippen molar-refractivity contribution in [3.05, 3.63) is 47.0 Å². The van der Waals surface area contributed by atoms with Crippen molar-refractivity contribution in [3.8, 4) is 17.2 Å². The molecule has 1 aliphatic heterocycles. The molecule has 0 aromatic heterocycles. The third-order valence-corrected chi connectivity index (χ3v) is 8.96. The minimum Gasteiger partial charge on any atom is -1.00 e. The highest BCUT2D eigenvalue weighted by molar-refractivity contribution is 6.01. The largest absolute Gasteiger partial charge is 1.00 e. The highest BCUT2D eigenvalue weighted by atomic mass is 79.9. The minimum absolute atomic E-state index is 0. The van der Waals surface area contributed by atoms with Crippen LogP contribution in [0.5, 0.6) is 17.2 Å². The number of nitrogens with zero attached hydrogens (tertiary/aromatic N) is 1. The van der Waals surface area contributed by atoms with Crippen molar-refractivity contribution in [1.82, 2.24) is 0 Å². The van der Waals surface area contributed by atoms with Gasteiger partial charge in [-0.15, -0.1) is 0 Å². The van der Waals surface area contributed by atoms with Crippen LogP contribution in [-0.4, -0.2) is 44.7 Å². The second-order valence-electron chi connectivity index (χ2n) is 12.3. The third-order valence-electron chi connectivity index (χ3n) is 8.96. The molecule has 0 saturated carbocycles. The van der Waals surface area contributed by atoms with Crippen LogP contribution in [0.4, 0.5) is 5.69 Å². The van der Waals surface area contributed by atoms with E-state index in [0.717, 1.165) is 55.4 Å². The molecule has 0 spiro atoms. The molecule has 2 aromatic carbocycles. The molecule has 6 heteroatoms. The maximum absolute atomic E-state index is 5.96. The van der Waals surface area contributed by atoms with Crippen molar-refractivity contribution in [2.24, 2.45) is 0 Å². The Morgan fingerprint density at radius 2 is 1.36 bits per heavy atom. The van der Waals surface area contributed by atoms with Gasteiger partial charge in [0.25, 0.3) is 0 Å². The minimum atomic E-state index is 0. The van der Waals surface area contributed by atoms with Gasteiger partial charge in [-0.3, -0.25) is 0 Å². The number of benzene rings is 2. The molecule has 44 heavy (non-hydrogen) atoms. The van der Waals surface area contributed by atoms with Crippen molar-refractivity contribution < 1.29 is 35.8 Å².